The second kappa shape index (κ2) is 10.9. The summed E-state index contributed by atoms with van der Waals surface area (Å²) in [6, 6.07) is 52.1. The fraction of sp³-hybridized carbons (Fsp3) is 0. The molecule has 51 heavy (non-hydrogen) atoms. The smallest absolute Gasteiger partial charge is 0.167 e. The third kappa shape index (κ3) is 4.37. The summed E-state index contributed by atoms with van der Waals surface area (Å²) < 4.78 is 15.3. The van der Waals surface area contributed by atoms with Gasteiger partial charge in [-0.25, -0.2) is 15.0 Å². The fourth-order valence-corrected chi connectivity index (χ4v) is 8.63. The van der Waals surface area contributed by atoms with Crippen LogP contribution in [0.5, 0.6) is 0 Å². The predicted molar refractivity (Wildman–Crippen MR) is 209 cm³/mol. The van der Waals surface area contributed by atoms with E-state index in [2.05, 4.69) is 97.1 Å². The van der Waals surface area contributed by atoms with E-state index < -0.39 is 0 Å². The van der Waals surface area contributed by atoms with Crippen LogP contribution in [0.1, 0.15) is 0 Å². The Kier molecular flexibility index (Phi) is 6.05. The number of hydrogen-bond donors (Lipinski definition) is 0. The lowest BCUT2D eigenvalue weighted by molar-refractivity contribution is 0.669. The number of furan rings is 2. The Labute approximate surface area is 295 Å². The van der Waals surface area contributed by atoms with Crippen molar-refractivity contribution in [3.05, 3.63) is 152 Å². The van der Waals surface area contributed by atoms with Gasteiger partial charge in [0.25, 0.3) is 0 Å². The summed E-state index contributed by atoms with van der Waals surface area (Å²) in [7, 11) is 0. The van der Waals surface area contributed by atoms with E-state index in [-0.39, 0.29) is 0 Å². The first-order valence-corrected chi connectivity index (χ1v) is 17.7. The van der Waals surface area contributed by atoms with Crippen LogP contribution >= 0.6 is 11.3 Å². The largest absolute Gasteiger partial charge is 0.456 e. The van der Waals surface area contributed by atoms with Gasteiger partial charge < -0.3 is 8.83 Å². The van der Waals surface area contributed by atoms with E-state index in [0.717, 1.165) is 76.4 Å². The molecule has 0 aliphatic carbocycles. The molecule has 7 aromatic carbocycles. The highest BCUT2D eigenvalue weighted by atomic mass is 32.1. The van der Waals surface area contributed by atoms with Crippen LogP contribution in [0.2, 0.25) is 0 Å². The minimum absolute atomic E-state index is 0.566. The molecule has 0 radical (unpaired) electrons. The Morgan fingerprint density at radius 2 is 1.04 bits per heavy atom. The van der Waals surface area contributed by atoms with E-state index >= 15 is 0 Å². The average Bonchev–Trinajstić information content (AvgIpc) is 3.89. The SMILES string of the molecule is c1ccc(-c2nc(-c3cccc4c3oc3ccc(-c5cccc6oc7ccccc7c56)cc34)nc(-c3cccc4c3sc3ccccc34)n2)cc1. The Morgan fingerprint density at radius 3 is 1.94 bits per heavy atom. The van der Waals surface area contributed by atoms with Crippen molar-refractivity contribution in [1.29, 1.82) is 0 Å². The van der Waals surface area contributed by atoms with E-state index in [1.54, 1.807) is 11.3 Å². The van der Waals surface area contributed by atoms with Crippen molar-refractivity contribution < 1.29 is 8.83 Å². The molecule has 0 saturated heterocycles. The van der Waals surface area contributed by atoms with Gasteiger partial charge in [0.1, 0.15) is 22.3 Å². The Hall–Kier alpha value is -6.63. The van der Waals surface area contributed by atoms with Crippen molar-refractivity contribution in [2.75, 3.05) is 0 Å². The monoisotopic (exact) mass is 671 g/mol. The summed E-state index contributed by atoms with van der Waals surface area (Å²) in [5.74, 6) is 1.81. The van der Waals surface area contributed by atoms with Crippen LogP contribution in [0, 0.1) is 0 Å². The van der Waals surface area contributed by atoms with E-state index in [0.29, 0.717) is 17.5 Å². The highest BCUT2D eigenvalue weighted by molar-refractivity contribution is 7.26. The number of nitrogens with zero attached hydrogens (tertiary/aromatic N) is 3. The van der Waals surface area contributed by atoms with Crippen LogP contribution in [0.4, 0.5) is 0 Å². The molecule has 0 saturated carbocycles. The number of fused-ring (bicyclic) bond motifs is 9. The zero-order chi connectivity index (χ0) is 33.5. The summed E-state index contributed by atoms with van der Waals surface area (Å²) in [5.41, 5.74) is 8.25. The number of aromatic nitrogens is 3. The van der Waals surface area contributed by atoms with Crippen molar-refractivity contribution in [3.8, 4) is 45.3 Å². The molecule has 4 aromatic heterocycles. The van der Waals surface area contributed by atoms with Gasteiger partial charge in [-0.2, -0.15) is 0 Å². The molecule has 6 heteroatoms. The third-order valence-corrected chi connectivity index (χ3v) is 11.0. The molecule has 0 aliphatic rings. The summed E-state index contributed by atoms with van der Waals surface area (Å²) in [6.45, 7) is 0. The maximum atomic E-state index is 6.66. The minimum atomic E-state index is 0.566. The number of thiophene rings is 1. The molecule has 0 bridgehead atoms. The van der Waals surface area contributed by atoms with Gasteiger partial charge in [-0.3, -0.25) is 0 Å². The summed E-state index contributed by atoms with van der Waals surface area (Å²) in [6.07, 6.45) is 0. The number of rotatable bonds is 4. The molecule has 11 rings (SSSR count). The van der Waals surface area contributed by atoms with Crippen molar-refractivity contribution in [3.63, 3.8) is 0 Å². The zero-order valence-corrected chi connectivity index (χ0v) is 27.8. The maximum Gasteiger partial charge on any atom is 0.167 e. The van der Waals surface area contributed by atoms with Crippen molar-refractivity contribution >= 4 is 75.4 Å². The standard InChI is InChI=1S/C45H25N3O2S/c1-2-11-26(12-3-1)43-46-44(48-45(47-43)34-19-9-17-31-29-13-5-7-22-39(29)51-42(31)34)33-18-8-16-30-35-25-27(23-24-37(35)50-41(30)33)28-15-10-21-38-40(28)32-14-4-6-20-36(32)49-38/h1-25H. The lowest BCUT2D eigenvalue weighted by Gasteiger charge is -2.09. The molecule has 0 N–H and O–H groups in total. The van der Waals surface area contributed by atoms with Crippen LogP contribution < -0.4 is 0 Å². The van der Waals surface area contributed by atoms with Gasteiger partial charge in [-0.1, -0.05) is 109 Å². The normalized spacial score (nSPS) is 11.9. The van der Waals surface area contributed by atoms with Crippen molar-refractivity contribution in [2.45, 2.75) is 0 Å². The molecule has 5 nitrogen and oxygen atoms in total. The average molecular weight is 672 g/mol. The Balaban J connectivity index is 1.12. The van der Waals surface area contributed by atoms with E-state index in [4.69, 9.17) is 23.8 Å². The summed E-state index contributed by atoms with van der Waals surface area (Å²) in [5, 5.41) is 6.69. The van der Waals surface area contributed by atoms with Crippen molar-refractivity contribution in [2.24, 2.45) is 0 Å². The molecule has 0 atom stereocenters. The van der Waals surface area contributed by atoms with Gasteiger partial charge in [-0.15, -0.1) is 11.3 Å². The lowest BCUT2D eigenvalue weighted by atomic mass is 9.97. The first kappa shape index (κ1) is 28.2. The van der Waals surface area contributed by atoms with E-state index in [1.165, 1.54) is 15.5 Å². The van der Waals surface area contributed by atoms with Crippen LogP contribution in [0.3, 0.4) is 0 Å². The molecule has 11 aromatic rings. The Bertz CT molecular complexity index is 3160. The van der Waals surface area contributed by atoms with Gasteiger partial charge in [-0.05, 0) is 53.6 Å². The van der Waals surface area contributed by atoms with Crippen LogP contribution in [-0.2, 0) is 0 Å². The number of hydrogen-bond acceptors (Lipinski definition) is 6. The maximum absolute atomic E-state index is 6.66. The van der Waals surface area contributed by atoms with Crippen LogP contribution in [-0.4, -0.2) is 15.0 Å². The van der Waals surface area contributed by atoms with Gasteiger partial charge in [0.15, 0.2) is 17.5 Å². The Morgan fingerprint density at radius 1 is 0.392 bits per heavy atom. The minimum Gasteiger partial charge on any atom is -0.456 e. The van der Waals surface area contributed by atoms with E-state index in [9.17, 15) is 0 Å². The predicted octanol–water partition coefficient (Wildman–Crippen LogP) is 12.7. The molecule has 4 heterocycles. The quantitative estimate of drug-likeness (QED) is 0.186. The van der Waals surface area contributed by atoms with Crippen LogP contribution in [0.15, 0.2) is 160 Å². The molecule has 0 fully saturated rings. The summed E-state index contributed by atoms with van der Waals surface area (Å²) in [4.78, 5) is 15.3. The molecule has 0 aliphatic heterocycles. The summed E-state index contributed by atoms with van der Waals surface area (Å²) >= 11 is 1.77. The van der Waals surface area contributed by atoms with Gasteiger partial charge in [0.2, 0.25) is 0 Å². The second-order valence-corrected chi connectivity index (χ2v) is 13.8. The molecule has 0 unspecified atom stereocenters. The topological polar surface area (TPSA) is 65.0 Å². The highest BCUT2D eigenvalue weighted by Crippen LogP contribution is 2.42. The number of para-hydroxylation sites is 2. The van der Waals surface area contributed by atoms with Gasteiger partial charge in [0, 0.05) is 52.8 Å². The first-order valence-electron chi connectivity index (χ1n) is 16.9. The van der Waals surface area contributed by atoms with Gasteiger partial charge in [0.05, 0.1) is 5.56 Å². The molecule has 0 amide bonds. The van der Waals surface area contributed by atoms with Crippen LogP contribution in [0.25, 0.3) is 109 Å². The fourth-order valence-electron chi connectivity index (χ4n) is 7.41. The molecular weight excluding hydrogens is 647 g/mol. The molecular formula is C45H25N3O2S. The highest BCUT2D eigenvalue weighted by Gasteiger charge is 2.20. The zero-order valence-electron chi connectivity index (χ0n) is 27.0. The molecule has 238 valence electrons. The number of benzene rings is 7. The van der Waals surface area contributed by atoms with E-state index in [1.807, 2.05) is 54.6 Å². The first-order chi connectivity index (χ1) is 25.3. The third-order valence-electron chi connectivity index (χ3n) is 9.76. The van der Waals surface area contributed by atoms with Gasteiger partial charge >= 0.3 is 0 Å². The second-order valence-electron chi connectivity index (χ2n) is 12.7. The van der Waals surface area contributed by atoms with Crippen molar-refractivity contribution in [1.82, 2.24) is 15.0 Å². The lowest BCUT2D eigenvalue weighted by Crippen LogP contribution is -2.00. The molecule has 0 spiro atoms.